The minimum atomic E-state index is -0.325. The maximum Gasteiger partial charge on any atom is 0.129 e. The summed E-state index contributed by atoms with van der Waals surface area (Å²) in [7, 11) is 0. The molecule has 90 valence electrons. The minimum Gasteiger partial charge on any atom is -0.268 e. The van der Waals surface area contributed by atoms with Gasteiger partial charge in [0.1, 0.15) is 5.82 Å². The summed E-state index contributed by atoms with van der Waals surface area (Å²) in [5, 5.41) is 4.41. The van der Waals surface area contributed by atoms with E-state index in [2.05, 4.69) is 5.10 Å². The number of hydrogen-bond donors (Lipinski definition) is 0. The van der Waals surface area contributed by atoms with E-state index in [0.29, 0.717) is 17.1 Å². The highest BCUT2D eigenvalue weighted by atomic mass is 35.5. The monoisotopic (exact) mass is 272 g/mol. The lowest BCUT2D eigenvalue weighted by Crippen LogP contribution is -2.03. The van der Waals surface area contributed by atoms with Gasteiger partial charge in [0.05, 0.1) is 18.1 Å². The molecule has 1 atom stereocenters. The van der Waals surface area contributed by atoms with E-state index in [1.54, 1.807) is 29.2 Å². The van der Waals surface area contributed by atoms with Crippen molar-refractivity contribution in [2.24, 2.45) is 0 Å². The highest BCUT2D eigenvalue weighted by Crippen LogP contribution is 2.22. The Morgan fingerprint density at radius 2 is 2.24 bits per heavy atom. The van der Waals surface area contributed by atoms with Gasteiger partial charge in [0.2, 0.25) is 0 Å². The van der Waals surface area contributed by atoms with Crippen molar-refractivity contribution < 1.29 is 4.39 Å². The van der Waals surface area contributed by atoms with Crippen LogP contribution < -0.4 is 0 Å². The summed E-state index contributed by atoms with van der Waals surface area (Å²) in [6, 6.07) is 4.63. The molecule has 0 aliphatic carbocycles. The van der Waals surface area contributed by atoms with Gasteiger partial charge in [0, 0.05) is 22.3 Å². The van der Waals surface area contributed by atoms with E-state index in [1.165, 1.54) is 6.07 Å². The summed E-state index contributed by atoms with van der Waals surface area (Å²) in [4.78, 5) is 0. The molecule has 0 saturated heterocycles. The van der Waals surface area contributed by atoms with Gasteiger partial charge in [-0.05, 0) is 19.1 Å². The highest BCUT2D eigenvalue weighted by Gasteiger charge is 2.09. The van der Waals surface area contributed by atoms with Crippen molar-refractivity contribution in [2.75, 3.05) is 0 Å². The summed E-state index contributed by atoms with van der Waals surface area (Å²) < 4.78 is 15.2. The average Bonchev–Trinajstić information content (AvgIpc) is 2.72. The van der Waals surface area contributed by atoms with Gasteiger partial charge in [0.15, 0.2) is 0 Å². The molecule has 0 saturated carbocycles. The largest absolute Gasteiger partial charge is 0.268 e. The average molecular weight is 273 g/mol. The van der Waals surface area contributed by atoms with Gasteiger partial charge >= 0.3 is 0 Å². The van der Waals surface area contributed by atoms with Gasteiger partial charge < -0.3 is 0 Å². The van der Waals surface area contributed by atoms with Gasteiger partial charge in [-0.2, -0.15) is 5.10 Å². The van der Waals surface area contributed by atoms with E-state index in [4.69, 9.17) is 23.2 Å². The highest BCUT2D eigenvalue weighted by molar-refractivity contribution is 6.31. The second-order valence-electron chi connectivity index (χ2n) is 3.79. The first-order chi connectivity index (χ1) is 8.08. The van der Waals surface area contributed by atoms with Crippen molar-refractivity contribution in [2.45, 2.75) is 18.8 Å². The van der Waals surface area contributed by atoms with E-state index >= 15 is 0 Å². The first kappa shape index (κ1) is 12.4. The van der Waals surface area contributed by atoms with Crippen LogP contribution in [0.2, 0.25) is 5.02 Å². The Labute approximate surface area is 109 Å². The first-order valence-corrected chi connectivity index (χ1v) is 5.98. The van der Waals surface area contributed by atoms with E-state index in [1.807, 2.05) is 6.92 Å². The molecule has 0 aliphatic rings. The van der Waals surface area contributed by atoms with Gasteiger partial charge in [0.25, 0.3) is 0 Å². The van der Waals surface area contributed by atoms with E-state index in [-0.39, 0.29) is 11.2 Å². The predicted molar refractivity (Wildman–Crippen MR) is 67.0 cm³/mol. The normalized spacial score (nSPS) is 12.7. The van der Waals surface area contributed by atoms with Gasteiger partial charge in [-0.1, -0.05) is 17.7 Å². The molecule has 1 unspecified atom stereocenters. The fraction of sp³-hybridized carbons (Fsp3) is 0.250. The predicted octanol–water partition coefficient (Wildman–Crippen LogP) is 4.02. The molecule has 0 radical (unpaired) electrons. The minimum absolute atomic E-state index is 0.111. The number of halogens is 3. The lowest BCUT2D eigenvalue weighted by molar-refractivity contribution is 0.585. The molecule has 17 heavy (non-hydrogen) atoms. The molecule has 1 aromatic heterocycles. The summed E-state index contributed by atoms with van der Waals surface area (Å²) in [6.45, 7) is 2.16. The number of hydrogen-bond acceptors (Lipinski definition) is 1. The molecule has 1 aromatic carbocycles. The van der Waals surface area contributed by atoms with Crippen LogP contribution in [0.4, 0.5) is 4.39 Å². The van der Waals surface area contributed by atoms with Crippen molar-refractivity contribution >= 4 is 23.2 Å². The van der Waals surface area contributed by atoms with Gasteiger partial charge in [-0.3, -0.25) is 4.68 Å². The molecular weight excluding hydrogens is 262 g/mol. The number of benzene rings is 1. The fourth-order valence-electron chi connectivity index (χ4n) is 1.52. The lowest BCUT2D eigenvalue weighted by atomic mass is 10.2. The molecule has 0 bridgehead atoms. The van der Waals surface area contributed by atoms with E-state index in [0.717, 1.165) is 5.56 Å². The molecule has 2 nitrogen and oxygen atoms in total. The van der Waals surface area contributed by atoms with Crippen LogP contribution in [0.1, 0.15) is 23.4 Å². The van der Waals surface area contributed by atoms with Crippen LogP contribution in [0.25, 0.3) is 0 Å². The molecular formula is C12H11Cl2FN2. The second kappa shape index (κ2) is 5.07. The van der Waals surface area contributed by atoms with Crippen molar-refractivity contribution in [3.05, 3.63) is 52.6 Å². The Balaban J connectivity index is 2.25. The van der Waals surface area contributed by atoms with Crippen LogP contribution >= 0.6 is 23.2 Å². The van der Waals surface area contributed by atoms with Crippen molar-refractivity contribution in [1.82, 2.24) is 9.78 Å². The van der Waals surface area contributed by atoms with E-state index in [9.17, 15) is 4.39 Å². The third-order valence-corrected chi connectivity index (χ3v) is 3.10. The zero-order valence-corrected chi connectivity index (χ0v) is 10.7. The van der Waals surface area contributed by atoms with Crippen molar-refractivity contribution in [3.8, 4) is 0 Å². The zero-order chi connectivity index (χ0) is 12.4. The molecule has 0 spiro atoms. The molecule has 2 rings (SSSR count). The van der Waals surface area contributed by atoms with Gasteiger partial charge in [-0.15, -0.1) is 11.6 Å². The summed E-state index contributed by atoms with van der Waals surface area (Å²) >= 11 is 11.9. The van der Waals surface area contributed by atoms with Crippen LogP contribution in [0.15, 0.2) is 30.6 Å². The molecule has 2 aromatic rings. The molecule has 0 fully saturated rings. The molecule has 0 N–H and O–H groups in total. The quantitative estimate of drug-likeness (QED) is 0.772. The molecule has 0 amide bonds. The number of alkyl halides is 1. The Hall–Kier alpha value is -1.06. The Morgan fingerprint density at radius 1 is 1.47 bits per heavy atom. The van der Waals surface area contributed by atoms with Crippen LogP contribution in [-0.2, 0) is 6.54 Å². The van der Waals surface area contributed by atoms with Gasteiger partial charge in [-0.25, -0.2) is 4.39 Å². The maximum atomic E-state index is 13.5. The number of rotatable bonds is 3. The smallest absolute Gasteiger partial charge is 0.129 e. The summed E-state index contributed by atoms with van der Waals surface area (Å²) in [5.41, 5.74) is 1.34. The molecule has 5 heteroatoms. The molecule has 0 aliphatic heterocycles. The number of nitrogens with zero attached hydrogens (tertiary/aromatic N) is 2. The van der Waals surface area contributed by atoms with Crippen LogP contribution in [-0.4, -0.2) is 9.78 Å². The summed E-state index contributed by atoms with van der Waals surface area (Å²) in [6.07, 6.45) is 3.47. The third kappa shape index (κ3) is 2.79. The van der Waals surface area contributed by atoms with Crippen molar-refractivity contribution in [1.29, 1.82) is 0 Å². The van der Waals surface area contributed by atoms with Crippen LogP contribution in [0.5, 0.6) is 0 Å². The topological polar surface area (TPSA) is 17.8 Å². The Bertz CT molecular complexity index is 503. The zero-order valence-electron chi connectivity index (χ0n) is 9.20. The van der Waals surface area contributed by atoms with Crippen LogP contribution in [0.3, 0.4) is 0 Å². The second-order valence-corrected chi connectivity index (χ2v) is 4.85. The maximum absolute atomic E-state index is 13.5. The fourth-order valence-corrected chi connectivity index (χ4v) is 1.85. The SMILES string of the molecule is CC(Cl)c1cnn(Cc2c(F)cccc2Cl)c1. The van der Waals surface area contributed by atoms with Crippen LogP contribution in [0, 0.1) is 5.82 Å². The standard InChI is InChI=1S/C12H11Cl2FN2/c1-8(13)9-5-16-17(6-9)7-10-11(14)3-2-4-12(10)15/h2-6,8H,7H2,1H3. The third-order valence-electron chi connectivity index (χ3n) is 2.49. The lowest BCUT2D eigenvalue weighted by Gasteiger charge is -2.05. The van der Waals surface area contributed by atoms with Crippen molar-refractivity contribution in [3.63, 3.8) is 0 Å². The Kier molecular flexibility index (Phi) is 3.69. The number of aromatic nitrogens is 2. The summed E-state index contributed by atoms with van der Waals surface area (Å²) in [5.74, 6) is -0.325. The first-order valence-electron chi connectivity index (χ1n) is 5.17. The molecule has 1 heterocycles. The Morgan fingerprint density at radius 3 is 2.82 bits per heavy atom. The van der Waals surface area contributed by atoms with E-state index < -0.39 is 0 Å².